The molecule has 0 rings (SSSR count). The summed E-state index contributed by atoms with van der Waals surface area (Å²) < 4.78 is 12.5. The van der Waals surface area contributed by atoms with Crippen LogP contribution in [0, 0.1) is 0 Å². The molecule has 134 valence electrons. The molecule has 0 aliphatic carbocycles. The first-order valence-electron chi connectivity index (χ1n) is 9.42. The zero-order valence-corrected chi connectivity index (χ0v) is 18.7. The Labute approximate surface area is 142 Å². The minimum Gasteiger partial charge on any atom is -0.417 e. The molecule has 4 heteroatoms. The van der Waals surface area contributed by atoms with Crippen LogP contribution in [0.15, 0.2) is 0 Å². The molecule has 0 aromatic heterocycles. The molecule has 0 saturated carbocycles. The third kappa shape index (κ3) is 7.76. The number of rotatable bonds is 12. The van der Waals surface area contributed by atoms with Gasteiger partial charge in [0.2, 0.25) is 0 Å². The fraction of sp³-hybridized carbons (Fsp3) is 1.00. The Balaban J connectivity index is 3.72. The average molecular weight is 347 g/mol. The standard InChI is InChI=1S/C18H42O2Si2/c1-9-22(10-2,11-3)20-17-15-13-12-14-16-19-21(7,8)18(4,5)6/h9-17H2,1-8H3. The quantitative estimate of drug-likeness (QED) is 0.293. The average Bonchev–Trinajstić information content (AvgIpc) is 2.45. The van der Waals surface area contributed by atoms with Gasteiger partial charge in [0.05, 0.1) is 0 Å². The molecule has 0 heterocycles. The van der Waals surface area contributed by atoms with Crippen LogP contribution in [-0.2, 0) is 8.85 Å². The van der Waals surface area contributed by atoms with Crippen LogP contribution in [0.4, 0.5) is 0 Å². The Morgan fingerprint density at radius 1 is 0.682 bits per heavy atom. The molecular weight excluding hydrogens is 304 g/mol. The summed E-state index contributed by atoms with van der Waals surface area (Å²) in [6.07, 6.45) is 4.97. The van der Waals surface area contributed by atoms with Gasteiger partial charge in [-0.3, -0.25) is 0 Å². The van der Waals surface area contributed by atoms with Crippen LogP contribution in [0.25, 0.3) is 0 Å². The van der Waals surface area contributed by atoms with Gasteiger partial charge in [-0.15, -0.1) is 0 Å². The Kier molecular flexibility index (Phi) is 10.4. The van der Waals surface area contributed by atoms with Crippen LogP contribution in [-0.4, -0.2) is 29.8 Å². The van der Waals surface area contributed by atoms with E-state index in [1.165, 1.54) is 43.8 Å². The van der Waals surface area contributed by atoms with Crippen molar-refractivity contribution in [3.8, 4) is 0 Å². The lowest BCUT2D eigenvalue weighted by molar-refractivity contribution is 0.266. The van der Waals surface area contributed by atoms with E-state index in [2.05, 4.69) is 54.6 Å². The zero-order valence-electron chi connectivity index (χ0n) is 16.7. The predicted octanol–water partition coefficient (Wildman–Crippen LogP) is 6.59. The zero-order chi connectivity index (χ0) is 17.3. The topological polar surface area (TPSA) is 18.5 Å². The first-order chi connectivity index (χ1) is 10.1. The summed E-state index contributed by atoms with van der Waals surface area (Å²) in [5, 5.41) is 0.329. The van der Waals surface area contributed by atoms with Crippen molar-refractivity contribution in [1.29, 1.82) is 0 Å². The molecule has 0 bridgehead atoms. The second-order valence-corrected chi connectivity index (χ2v) is 17.7. The molecule has 2 nitrogen and oxygen atoms in total. The smallest absolute Gasteiger partial charge is 0.191 e. The van der Waals surface area contributed by atoms with Crippen molar-refractivity contribution in [2.45, 2.75) is 103 Å². The summed E-state index contributed by atoms with van der Waals surface area (Å²) >= 11 is 0. The van der Waals surface area contributed by atoms with Gasteiger partial charge in [0.25, 0.3) is 0 Å². The molecule has 0 aromatic carbocycles. The summed E-state index contributed by atoms with van der Waals surface area (Å²) in [6.45, 7) is 20.4. The van der Waals surface area contributed by atoms with E-state index in [9.17, 15) is 0 Å². The molecule has 0 atom stereocenters. The third-order valence-electron chi connectivity index (χ3n) is 5.65. The summed E-state index contributed by atoms with van der Waals surface area (Å²) in [5.41, 5.74) is 0. The van der Waals surface area contributed by atoms with Crippen LogP contribution in [0.3, 0.4) is 0 Å². The fourth-order valence-corrected chi connectivity index (χ4v) is 6.22. The molecule has 0 unspecified atom stereocenters. The molecule has 0 spiro atoms. The second kappa shape index (κ2) is 10.3. The third-order valence-corrected chi connectivity index (χ3v) is 14.9. The maximum atomic E-state index is 6.30. The number of unbranched alkanes of at least 4 members (excludes halogenated alkanes) is 3. The maximum Gasteiger partial charge on any atom is 0.191 e. The molecule has 0 aliphatic heterocycles. The van der Waals surface area contributed by atoms with Gasteiger partial charge in [0, 0.05) is 13.2 Å². The Hall–Kier alpha value is 0.354. The second-order valence-electron chi connectivity index (χ2n) is 8.12. The van der Waals surface area contributed by atoms with Crippen molar-refractivity contribution in [2.24, 2.45) is 0 Å². The van der Waals surface area contributed by atoms with Gasteiger partial charge < -0.3 is 8.85 Å². The predicted molar refractivity (Wildman–Crippen MR) is 105 cm³/mol. The van der Waals surface area contributed by atoms with E-state index in [4.69, 9.17) is 8.85 Å². The van der Waals surface area contributed by atoms with Gasteiger partial charge in [0.1, 0.15) is 0 Å². The highest BCUT2D eigenvalue weighted by Crippen LogP contribution is 2.36. The highest BCUT2D eigenvalue weighted by Gasteiger charge is 2.36. The van der Waals surface area contributed by atoms with Gasteiger partial charge >= 0.3 is 0 Å². The van der Waals surface area contributed by atoms with E-state index in [1.807, 2.05) is 0 Å². The molecule has 22 heavy (non-hydrogen) atoms. The highest BCUT2D eigenvalue weighted by atomic mass is 28.4. The first-order valence-corrected chi connectivity index (χ1v) is 14.9. The van der Waals surface area contributed by atoms with Gasteiger partial charge in [0.15, 0.2) is 16.6 Å². The molecule has 0 aromatic rings. The van der Waals surface area contributed by atoms with Crippen LogP contribution in [0.2, 0.25) is 36.3 Å². The van der Waals surface area contributed by atoms with Gasteiger partial charge in [-0.2, -0.15) is 0 Å². The van der Waals surface area contributed by atoms with Crippen LogP contribution in [0.5, 0.6) is 0 Å². The van der Waals surface area contributed by atoms with E-state index in [1.54, 1.807) is 0 Å². The van der Waals surface area contributed by atoms with E-state index in [0.717, 1.165) is 13.2 Å². The molecule has 0 aliphatic rings. The van der Waals surface area contributed by atoms with E-state index < -0.39 is 16.6 Å². The SMILES string of the molecule is CC[Si](CC)(CC)OCCCCCCO[Si](C)(C)C(C)(C)C. The van der Waals surface area contributed by atoms with Crippen molar-refractivity contribution < 1.29 is 8.85 Å². The van der Waals surface area contributed by atoms with Crippen molar-refractivity contribution in [3.05, 3.63) is 0 Å². The maximum absolute atomic E-state index is 6.30. The van der Waals surface area contributed by atoms with Crippen molar-refractivity contribution in [3.63, 3.8) is 0 Å². The molecule has 0 fully saturated rings. The molecule has 0 N–H and O–H groups in total. The van der Waals surface area contributed by atoms with Crippen molar-refractivity contribution in [2.75, 3.05) is 13.2 Å². The van der Waals surface area contributed by atoms with E-state index in [0.29, 0.717) is 5.04 Å². The first kappa shape index (κ1) is 22.4. The summed E-state index contributed by atoms with van der Waals surface area (Å²) in [5.74, 6) is 0. The molecule has 0 saturated heterocycles. The Morgan fingerprint density at radius 2 is 1.09 bits per heavy atom. The number of hydrogen-bond acceptors (Lipinski definition) is 2. The van der Waals surface area contributed by atoms with Gasteiger partial charge in [-0.25, -0.2) is 0 Å². The number of hydrogen-bond donors (Lipinski definition) is 0. The lowest BCUT2D eigenvalue weighted by atomic mass is 10.2. The van der Waals surface area contributed by atoms with E-state index in [-0.39, 0.29) is 0 Å². The minimum absolute atomic E-state index is 0.329. The van der Waals surface area contributed by atoms with Gasteiger partial charge in [-0.05, 0) is 49.1 Å². The summed E-state index contributed by atoms with van der Waals surface area (Å²) in [6, 6.07) is 3.79. The highest BCUT2D eigenvalue weighted by molar-refractivity contribution is 6.74. The lowest BCUT2D eigenvalue weighted by Gasteiger charge is -2.36. The fourth-order valence-electron chi connectivity index (χ4n) is 2.45. The largest absolute Gasteiger partial charge is 0.417 e. The molecular formula is C18H42O2Si2. The normalized spacial score (nSPS) is 13.6. The summed E-state index contributed by atoms with van der Waals surface area (Å²) in [4.78, 5) is 0. The van der Waals surface area contributed by atoms with E-state index >= 15 is 0 Å². The van der Waals surface area contributed by atoms with Crippen LogP contribution < -0.4 is 0 Å². The molecule has 0 amide bonds. The Morgan fingerprint density at radius 3 is 1.45 bits per heavy atom. The van der Waals surface area contributed by atoms with Crippen molar-refractivity contribution in [1.82, 2.24) is 0 Å². The monoisotopic (exact) mass is 346 g/mol. The van der Waals surface area contributed by atoms with Crippen molar-refractivity contribution >= 4 is 16.6 Å². The van der Waals surface area contributed by atoms with Gasteiger partial charge in [-0.1, -0.05) is 54.4 Å². The van der Waals surface area contributed by atoms with Crippen LogP contribution >= 0.6 is 0 Å². The lowest BCUT2D eigenvalue weighted by Crippen LogP contribution is -2.40. The summed E-state index contributed by atoms with van der Waals surface area (Å²) in [7, 11) is -2.90. The van der Waals surface area contributed by atoms with Crippen LogP contribution in [0.1, 0.15) is 67.2 Å². The Bertz CT molecular complexity index is 265. The minimum atomic E-state index is -1.54. The molecule has 0 radical (unpaired) electrons.